The first-order valence-electron chi connectivity index (χ1n) is 5.38. The number of halogens is 1. The molecule has 6 heteroatoms. The van der Waals surface area contributed by atoms with Gasteiger partial charge in [0, 0.05) is 16.3 Å². The van der Waals surface area contributed by atoms with E-state index in [2.05, 4.69) is 0 Å². The summed E-state index contributed by atoms with van der Waals surface area (Å²) in [4.78, 5) is 24.7. The van der Waals surface area contributed by atoms with Crippen molar-refractivity contribution in [3.8, 4) is 0 Å². The fraction of sp³-hybridized carbons (Fsp3) is 0.333. The lowest BCUT2D eigenvalue weighted by Crippen LogP contribution is -2.41. The lowest BCUT2D eigenvalue weighted by molar-refractivity contribution is -0.140. The maximum absolute atomic E-state index is 12.3. The summed E-state index contributed by atoms with van der Waals surface area (Å²) < 4.78 is 0. The molecule has 1 atom stereocenters. The van der Waals surface area contributed by atoms with Gasteiger partial charge in [0.1, 0.15) is 6.04 Å². The number of carbonyl (C=O) groups excluding carboxylic acids is 1. The SMILES string of the molecule is Cc1cc(Cl)cc(C(=O)N2CSCC2C(=O)O)c1. The molecule has 18 heavy (non-hydrogen) atoms. The summed E-state index contributed by atoms with van der Waals surface area (Å²) in [5.74, 6) is -0.410. The van der Waals surface area contributed by atoms with Crippen molar-refractivity contribution in [2.24, 2.45) is 0 Å². The van der Waals surface area contributed by atoms with Crippen LogP contribution in [0.2, 0.25) is 5.02 Å². The molecule has 96 valence electrons. The van der Waals surface area contributed by atoms with E-state index >= 15 is 0 Å². The molecule has 1 saturated heterocycles. The van der Waals surface area contributed by atoms with Crippen molar-refractivity contribution in [2.45, 2.75) is 13.0 Å². The Balaban J connectivity index is 2.28. The average Bonchev–Trinajstić information content (AvgIpc) is 2.75. The van der Waals surface area contributed by atoms with E-state index in [1.807, 2.05) is 6.92 Å². The molecule has 0 bridgehead atoms. The van der Waals surface area contributed by atoms with Crippen molar-refractivity contribution in [1.29, 1.82) is 0 Å². The highest BCUT2D eigenvalue weighted by Crippen LogP contribution is 2.24. The highest BCUT2D eigenvalue weighted by atomic mass is 35.5. The van der Waals surface area contributed by atoms with Gasteiger partial charge in [0.05, 0.1) is 5.88 Å². The van der Waals surface area contributed by atoms with Crippen molar-refractivity contribution >= 4 is 35.2 Å². The molecule has 1 aromatic carbocycles. The smallest absolute Gasteiger partial charge is 0.327 e. The summed E-state index contributed by atoms with van der Waals surface area (Å²) in [6.45, 7) is 1.84. The predicted octanol–water partition coefficient (Wildman–Crippen LogP) is 2.25. The highest BCUT2D eigenvalue weighted by Gasteiger charge is 2.35. The number of benzene rings is 1. The van der Waals surface area contributed by atoms with Gasteiger partial charge in [0.2, 0.25) is 0 Å². The van der Waals surface area contributed by atoms with Gasteiger partial charge in [-0.3, -0.25) is 4.79 Å². The first kappa shape index (κ1) is 13.2. The molecule has 1 amide bonds. The molecule has 1 aliphatic heterocycles. The van der Waals surface area contributed by atoms with Crippen molar-refractivity contribution in [2.75, 3.05) is 11.6 Å². The third-order valence-electron chi connectivity index (χ3n) is 2.72. The van der Waals surface area contributed by atoms with E-state index in [-0.39, 0.29) is 5.91 Å². The summed E-state index contributed by atoms with van der Waals surface area (Å²) in [5, 5.41) is 9.54. The fourth-order valence-corrected chi connectivity index (χ4v) is 3.31. The van der Waals surface area contributed by atoms with Gasteiger partial charge < -0.3 is 10.0 Å². The summed E-state index contributed by atoms with van der Waals surface area (Å²) >= 11 is 7.35. The molecule has 0 saturated carbocycles. The number of rotatable bonds is 2. The van der Waals surface area contributed by atoms with Gasteiger partial charge in [-0.2, -0.15) is 0 Å². The van der Waals surface area contributed by atoms with E-state index in [1.54, 1.807) is 18.2 Å². The molecular weight excluding hydrogens is 274 g/mol. The Morgan fingerprint density at radius 1 is 1.44 bits per heavy atom. The van der Waals surface area contributed by atoms with Gasteiger partial charge in [-0.05, 0) is 30.7 Å². The number of hydrogen-bond acceptors (Lipinski definition) is 3. The maximum Gasteiger partial charge on any atom is 0.327 e. The molecule has 2 rings (SSSR count). The Morgan fingerprint density at radius 3 is 2.78 bits per heavy atom. The number of nitrogens with zero attached hydrogens (tertiary/aromatic N) is 1. The largest absolute Gasteiger partial charge is 0.480 e. The topological polar surface area (TPSA) is 57.6 Å². The minimum atomic E-state index is -0.966. The van der Waals surface area contributed by atoms with E-state index < -0.39 is 12.0 Å². The predicted molar refractivity (Wildman–Crippen MR) is 71.1 cm³/mol. The lowest BCUT2D eigenvalue weighted by atomic mass is 10.1. The van der Waals surface area contributed by atoms with Crippen LogP contribution in [0.25, 0.3) is 0 Å². The Kier molecular flexibility index (Phi) is 3.82. The minimum absolute atomic E-state index is 0.280. The van der Waals surface area contributed by atoms with Gasteiger partial charge in [0.15, 0.2) is 0 Å². The third kappa shape index (κ3) is 2.62. The molecule has 1 aliphatic rings. The Morgan fingerprint density at radius 2 is 2.17 bits per heavy atom. The Hall–Kier alpha value is -1.20. The number of amides is 1. The van der Waals surface area contributed by atoms with Crippen LogP contribution in [0.1, 0.15) is 15.9 Å². The highest BCUT2D eigenvalue weighted by molar-refractivity contribution is 7.99. The standard InChI is InChI=1S/C12H12ClNO3S/c1-7-2-8(4-9(13)3-7)11(15)14-6-18-5-10(14)12(16)17/h2-4,10H,5-6H2,1H3,(H,16,17). The van der Waals surface area contributed by atoms with Gasteiger partial charge in [0.25, 0.3) is 5.91 Å². The van der Waals surface area contributed by atoms with Crippen molar-refractivity contribution in [3.05, 3.63) is 34.3 Å². The fourth-order valence-electron chi connectivity index (χ4n) is 1.87. The molecule has 4 nitrogen and oxygen atoms in total. The third-order valence-corrected chi connectivity index (χ3v) is 3.95. The van der Waals surface area contributed by atoms with Crippen LogP contribution in [0.4, 0.5) is 0 Å². The van der Waals surface area contributed by atoms with Gasteiger partial charge in [-0.1, -0.05) is 11.6 Å². The van der Waals surface area contributed by atoms with E-state index in [9.17, 15) is 9.59 Å². The van der Waals surface area contributed by atoms with Crippen LogP contribution in [0.15, 0.2) is 18.2 Å². The van der Waals surface area contributed by atoms with Crippen molar-refractivity contribution in [3.63, 3.8) is 0 Å². The number of aliphatic carboxylic acids is 1. The monoisotopic (exact) mass is 285 g/mol. The summed E-state index contributed by atoms with van der Waals surface area (Å²) in [6, 6.07) is 4.29. The summed E-state index contributed by atoms with van der Waals surface area (Å²) in [6.07, 6.45) is 0. The number of hydrogen-bond donors (Lipinski definition) is 1. The van der Waals surface area contributed by atoms with Crippen LogP contribution in [-0.2, 0) is 4.79 Å². The number of carboxylic acid groups (broad SMARTS) is 1. The second kappa shape index (κ2) is 5.20. The summed E-state index contributed by atoms with van der Waals surface area (Å²) in [7, 11) is 0. The minimum Gasteiger partial charge on any atom is -0.480 e. The molecule has 1 aromatic rings. The van der Waals surface area contributed by atoms with Crippen LogP contribution in [0.3, 0.4) is 0 Å². The van der Waals surface area contributed by atoms with E-state index in [0.717, 1.165) is 5.56 Å². The average molecular weight is 286 g/mol. The second-order valence-electron chi connectivity index (χ2n) is 4.15. The van der Waals surface area contributed by atoms with Gasteiger partial charge >= 0.3 is 5.97 Å². The van der Waals surface area contributed by atoms with E-state index in [1.165, 1.54) is 16.7 Å². The van der Waals surface area contributed by atoms with Crippen molar-refractivity contribution in [1.82, 2.24) is 4.90 Å². The first-order chi connectivity index (χ1) is 8.49. The molecule has 1 fully saturated rings. The Bertz CT molecular complexity index is 486. The zero-order valence-electron chi connectivity index (χ0n) is 9.72. The maximum atomic E-state index is 12.3. The quantitative estimate of drug-likeness (QED) is 0.905. The number of aryl methyl sites for hydroxylation is 1. The van der Waals surface area contributed by atoms with E-state index in [4.69, 9.17) is 16.7 Å². The molecule has 0 aromatic heterocycles. The molecule has 0 spiro atoms. The lowest BCUT2D eigenvalue weighted by Gasteiger charge is -2.20. The molecule has 1 heterocycles. The van der Waals surface area contributed by atoms with Crippen LogP contribution >= 0.6 is 23.4 Å². The molecule has 1 unspecified atom stereocenters. The molecule has 1 N–H and O–H groups in total. The van der Waals surface area contributed by atoms with Crippen LogP contribution in [-0.4, -0.2) is 39.6 Å². The zero-order valence-corrected chi connectivity index (χ0v) is 11.3. The van der Waals surface area contributed by atoms with Gasteiger partial charge in [-0.15, -0.1) is 11.8 Å². The van der Waals surface area contributed by atoms with Crippen molar-refractivity contribution < 1.29 is 14.7 Å². The first-order valence-corrected chi connectivity index (χ1v) is 6.91. The normalized spacial score (nSPS) is 19.0. The zero-order chi connectivity index (χ0) is 13.3. The molecule has 0 aliphatic carbocycles. The molecular formula is C12H12ClNO3S. The molecule has 0 radical (unpaired) electrons. The van der Waals surface area contributed by atoms with Crippen LogP contribution in [0, 0.1) is 6.92 Å². The second-order valence-corrected chi connectivity index (χ2v) is 5.58. The van der Waals surface area contributed by atoms with Gasteiger partial charge in [-0.25, -0.2) is 4.79 Å². The van der Waals surface area contributed by atoms with Crippen LogP contribution in [0.5, 0.6) is 0 Å². The summed E-state index contributed by atoms with van der Waals surface area (Å²) in [5.41, 5.74) is 1.32. The number of carboxylic acids is 1. The Labute approximate surface area is 114 Å². The van der Waals surface area contributed by atoms with E-state index in [0.29, 0.717) is 22.2 Å². The number of carbonyl (C=O) groups is 2. The van der Waals surface area contributed by atoms with Crippen LogP contribution < -0.4 is 0 Å². The number of thioether (sulfide) groups is 1.